The van der Waals surface area contributed by atoms with E-state index < -0.39 is 0 Å². The predicted octanol–water partition coefficient (Wildman–Crippen LogP) is 5.06. The van der Waals surface area contributed by atoms with E-state index in [1.165, 1.54) is 5.56 Å². The third-order valence-corrected chi connectivity index (χ3v) is 6.62. The number of aromatic nitrogens is 1. The highest BCUT2D eigenvalue weighted by atomic mass is 32.2. The molecule has 0 amide bonds. The first-order valence-corrected chi connectivity index (χ1v) is 11.7. The quantitative estimate of drug-likeness (QED) is 0.479. The maximum atomic E-state index is 6.34. The molecule has 1 aliphatic rings. The van der Waals surface area contributed by atoms with E-state index >= 15 is 0 Å². The normalized spacial score (nSPS) is 18.6. The van der Waals surface area contributed by atoms with Crippen LogP contribution in [0.2, 0.25) is 0 Å². The summed E-state index contributed by atoms with van der Waals surface area (Å²) in [6.45, 7) is 3.96. The van der Waals surface area contributed by atoms with E-state index in [0.717, 1.165) is 46.1 Å². The standard InChI is InChI=1S/C24H28N4OS2/c1-17-8-10-18(11-9-17)31-21-13-12-20(29-21)23-22(19-7-4-5-14-25-19)26-24(30)28(23)16-6-15-27(2)3/h4-5,7-14,22-23H,6,15-16H2,1-3H3,(H,26,30)/t22-,23-/m0/s1. The molecule has 0 unspecified atom stereocenters. The molecule has 0 saturated carbocycles. The van der Waals surface area contributed by atoms with Crippen molar-refractivity contribution < 1.29 is 4.42 Å². The van der Waals surface area contributed by atoms with Gasteiger partial charge in [-0.3, -0.25) is 4.98 Å². The van der Waals surface area contributed by atoms with Gasteiger partial charge in [0.1, 0.15) is 11.8 Å². The molecule has 0 bridgehead atoms. The third kappa shape index (κ3) is 5.29. The van der Waals surface area contributed by atoms with Crippen LogP contribution < -0.4 is 5.32 Å². The maximum Gasteiger partial charge on any atom is 0.170 e. The molecule has 2 aromatic heterocycles. The molecule has 2 atom stereocenters. The molecule has 7 heteroatoms. The number of hydrogen-bond donors (Lipinski definition) is 1. The van der Waals surface area contributed by atoms with E-state index in [-0.39, 0.29) is 12.1 Å². The summed E-state index contributed by atoms with van der Waals surface area (Å²) in [4.78, 5) is 10.2. The second-order valence-electron chi connectivity index (χ2n) is 8.05. The fourth-order valence-corrected chi connectivity index (χ4v) is 4.89. The van der Waals surface area contributed by atoms with Crippen LogP contribution in [0.3, 0.4) is 0 Å². The molecule has 4 rings (SSSR count). The molecule has 0 radical (unpaired) electrons. The zero-order chi connectivity index (χ0) is 21.8. The Hall–Kier alpha value is -2.35. The Labute approximate surface area is 193 Å². The molecule has 3 heterocycles. The predicted molar refractivity (Wildman–Crippen MR) is 129 cm³/mol. The van der Waals surface area contributed by atoms with Gasteiger partial charge in [-0.05, 0) is 82.6 Å². The monoisotopic (exact) mass is 452 g/mol. The number of pyridine rings is 1. The topological polar surface area (TPSA) is 44.5 Å². The van der Waals surface area contributed by atoms with Crippen LogP contribution in [-0.4, -0.2) is 47.1 Å². The molecule has 0 spiro atoms. The second-order valence-corrected chi connectivity index (χ2v) is 9.51. The number of benzene rings is 1. The summed E-state index contributed by atoms with van der Waals surface area (Å²) in [7, 11) is 4.19. The molecule has 3 aromatic rings. The van der Waals surface area contributed by atoms with Crippen molar-refractivity contribution in [2.24, 2.45) is 0 Å². The molecular weight excluding hydrogens is 424 g/mol. The fourth-order valence-electron chi connectivity index (χ4n) is 3.78. The summed E-state index contributed by atoms with van der Waals surface area (Å²) >= 11 is 7.36. The number of aryl methyl sites for hydroxylation is 1. The van der Waals surface area contributed by atoms with Gasteiger partial charge in [0.25, 0.3) is 0 Å². The number of hydrogen-bond acceptors (Lipinski definition) is 5. The van der Waals surface area contributed by atoms with E-state index in [4.69, 9.17) is 16.6 Å². The van der Waals surface area contributed by atoms with Gasteiger partial charge >= 0.3 is 0 Å². The Morgan fingerprint density at radius 2 is 1.94 bits per heavy atom. The van der Waals surface area contributed by atoms with Crippen molar-refractivity contribution >= 4 is 29.1 Å². The Kier molecular flexibility index (Phi) is 6.95. The summed E-state index contributed by atoms with van der Waals surface area (Å²) in [6.07, 6.45) is 2.85. The number of thiocarbonyl (C=S) groups is 1. The third-order valence-electron chi connectivity index (χ3n) is 5.34. The molecule has 5 nitrogen and oxygen atoms in total. The summed E-state index contributed by atoms with van der Waals surface area (Å²) in [5.41, 5.74) is 2.22. The summed E-state index contributed by atoms with van der Waals surface area (Å²) in [5, 5.41) is 5.12. The molecule has 162 valence electrons. The highest BCUT2D eigenvalue weighted by Gasteiger charge is 2.41. The molecule has 1 saturated heterocycles. The smallest absolute Gasteiger partial charge is 0.170 e. The van der Waals surface area contributed by atoms with Crippen LogP contribution >= 0.6 is 24.0 Å². The van der Waals surface area contributed by atoms with E-state index in [2.05, 4.69) is 77.5 Å². The number of nitrogens with one attached hydrogen (secondary N) is 1. The van der Waals surface area contributed by atoms with Gasteiger partial charge in [-0.2, -0.15) is 0 Å². The number of nitrogens with zero attached hydrogens (tertiary/aromatic N) is 3. The molecule has 1 N–H and O–H groups in total. The number of rotatable bonds is 8. The average molecular weight is 453 g/mol. The van der Waals surface area contributed by atoms with E-state index in [1.54, 1.807) is 11.8 Å². The van der Waals surface area contributed by atoms with Gasteiger partial charge in [-0.15, -0.1) is 0 Å². The van der Waals surface area contributed by atoms with Crippen molar-refractivity contribution in [1.82, 2.24) is 20.1 Å². The lowest BCUT2D eigenvalue weighted by molar-refractivity contribution is 0.249. The molecule has 1 aromatic carbocycles. The van der Waals surface area contributed by atoms with E-state index in [0.29, 0.717) is 0 Å². The molecule has 1 fully saturated rings. The van der Waals surface area contributed by atoms with Crippen LogP contribution in [-0.2, 0) is 0 Å². The minimum absolute atomic E-state index is 0.0306. The molecule has 1 aliphatic heterocycles. The minimum Gasteiger partial charge on any atom is -0.452 e. The first-order chi connectivity index (χ1) is 15.0. The summed E-state index contributed by atoms with van der Waals surface area (Å²) < 4.78 is 6.34. The lowest BCUT2D eigenvalue weighted by atomic mass is 10.0. The summed E-state index contributed by atoms with van der Waals surface area (Å²) in [5.74, 6) is 0.905. The molecule has 31 heavy (non-hydrogen) atoms. The van der Waals surface area contributed by atoms with Gasteiger partial charge in [0.05, 0.1) is 11.7 Å². The SMILES string of the molecule is Cc1ccc(Sc2ccc([C@H]3[C@H](c4ccccn4)NC(=S)N3CCCN(C)C)o2)cc1. The molecular formula is C24H28N4OS2. The van der Waals surface area contributed by atoms with E-state index in [9.17, 15) is 0 Å². The van der Waals surface area contributed by atoms with Crippen molar-refractivity contribution in [3.05, 3.63) is 77.8 Å². The Morgan fingerprint density at radius 3 is 2.65 bits per heavy atom. The second kappa shape index (κ2) is 9.85. The summed E-state index contributed by atoms with van der Waals surface area (Å²) in [6, 6.07) is 18.5. The average Bonchev–Trinajstić information content (AvgIpc) is 3.34. The van der Waals surface area contributed by atoms with Gasteiger partial charge in [0, 0.05) is 17.6 Å². The van der Waals surface area contributed by atoms with Crippen molar-refractivity contribution in [1.29, 1.82) is 0 Å². The first-order valence-electron chi connectivity index (χ1n) is 10.5. The number of furan rings is 1. The largest absolute Gasteiger partial charge is 0.452 e. The lowest BCUT2D eigenvalue weighted by Gasteiger charge is -2.26. The Balaban J connectivity index is 1.59. The van der Waals surface area contributed by atoms with Crippen LogP contribution in [0.25, 0.3) is 0 Å². The Bertz CT molecular complexity index is 1000. The zero-order valence-corrected chi connectivity index (χ0v) is 19.7. The van der Waals surface area contributed by atoms with Gasteiger partial charge in [-0.1, -0.05) is 35.5 Å². The fraction of sp³-hybridized carbons (Fsp3) is 0.333. The highest BCUT2D eigenvalue weighted by Crippen LogP contribution is 2.41. The van der Waals surface area contributed by atoms with Crippen LogP contribution in [0.1, 0.15) is 35.5 Å². The van der Waals surface area contributed by atoms with E-state index in [1.807, 2.05) is 24.4 Å². The van der Waals surface area contributed by atoms with Gasteiger partial charge in [-0.25, -0.2) is 0 Å². The minimum atomic E-state index is -0.0450. The first kappa shape index (κ1) is 21.9. The van der Waals surface area contributed by atoms with Crippen LogP contribution in [0.4, 0.5) is 0 Å². The highest BCUT2D eigenvalue weighted by molar-refractivity contribution is 7.99. The zero-order valence-electron chi connectivity index (χ0n) is 18.1. The van der Waals surface area contributed by atoms with Gasteiger partial charge in [0.2, 0.25) is 0 Å². The van der Waals surface area contributed by atoms with Crippen molar-refractivity contribution in [3.8, 4) is 0 Å². The molecule has 0 aliphatic carbocycles. The van der Waals surface area contributed by atoms with Crippen molar-refractivity contribution in [2.45, 2.75) is 35.4 Å². The van der Waals surface area contributed by atoms with Crippen molar-refractivity contribution in [3.63, 3.8) is 0 Å². The maximum absolute atomic E-state index is 6.34. The van der Waals surface area contributed by atoms with Crippen LogP contribution in [0.5, 0.6) is 0 Å². The van der Waals surface area contributed by atoms with Gasteiger partial charge in [0.15, 0.2) is 10.2 Å². The van der Waals surface area contributed by atoms with Gasteiger partial charge < -0.3 is 19.5 Å². The van der Waals surface area contributed by atoms with Crippen molar-refractivity contribution in [2.75, 3.05) is 27.2 Å². The van der Waals surface area contributed by atoms with Crippen LogP contribution in [0, 0.1) is 6.92 Å². The lowest BCUT2D eigenvalue weighted by Crippen LogP contribution is -2.32. The van der Waals surface area contributed by atoms with Crippen LogP contribution in [0.15, 0.2) is 75.2 Å². The Morgan fingerprint density at radius 1 is 1.13 bits per heavy atom.